The summed E-state index contributed by atoms with van der Waals surface area (Å²) in [7, 11) is 0. The van der Waals surface area contributed by atoms with Crippen LogP contribution in [0.1, 0.15) is 22.7 Å². The fraction of sp³-hybridized carbons (Fsp3) is 0.143. The zero-order valence-electron chi connectivity index (χ0n) is 10.1. The summed E-state index contributed by atoms with van der Waals surface area (Å²) in [5, 5.41) is 0.783. The van der Waals surface area contributed by atoms with Crippen molar-refractivity contribution in [3.8, 4) is 0 Å². The van der Waals surface area contributed by atoms with Gasteiger partial charge in [0.2, 0.25) is 0 Å². The number of hydrogen-bond acceptors (Lipinski definition) is 1. The second-order valence-electron chi connectivity index (χ2n) is 4.27. The van der Waals surface area contributed by atoms with Crippen LogP contribution in [0.4, 0.5) is 13.2 Å². The Hall–Kier alpha value is -1.23. The zero-order valence-corrected chi connectivity index (χ0v) is 11.6. The highest BCUT2D eigenvalue weighted by Gasteiger charge is 2.31. The van der Waals surface area contributed by atoms with Gasteiger partial charge in [-0.05, 0) is 41.5 Å². The van der Waals surface area contributed by atoms with Gasteiger partial charge in [-0.15, -0.1) is 0 Å². The lowest BCUT2D eigenvalue weighted by Crippen LogP contribution is -2.14. The van der Waals surface area contributed by atoms with Gasteiger partial charge in [0, 0.05) is 10.0 Å². The van der Waals surface area contributed by atoms with E-state index in [0.29, 0.717) is 21.2 Å². The van der Waals surface area contributed by atoms with Gasteiger partial charge >= 0.3 is 6.18 Å². The minimum atomic E-state index is -4.41. The van der Waals surface area contributed by atoms with Gasteiger partial charge in [-0.3, -0.25) is 0 Å². The number of benzene rings is 2. The summed E-state index contributed by atoms with van der Waals surface area (Å²) in [5.41, 5.74) is 6.05. The van der Waals surface area contributed by atoms with Crippen LogP contribution >= 0.6 is 23.2 Å². The molecule has 2 N–H and O–H groups in total. The molecule has 106 valence electrons. The Kier molecular flexibility index (Phi) is 4.28. The summed E-state index contributed by atoms with van der Waals surface area (Å²) in [6.45, 7) is 0. The third-order valence-corrected chi connectivity index (χ3v) is 3.45. The molecule has 2 rings (SSSR count). The summed E-state index contributed by atoms with van der Waals surface area (Å²) in [6.07, 6.45) is -4.41. The average molecular weight is 320 g/mol. The Morgan fingerprint density at radius 2 is 1.70 bits per heavy atom. The van der Waals surface area contributed by atoms with E-state index in [2.05, 4.69) is 0 Å². The number of rotatable bonds is 2. The van der Waals surface area contributed by atoms with Crippen LogP contribution in [0, 0.1) is 0 Å². The first-order valence-electron chi connectivity index (χ1n) is 5.66. The highest BCUT2D eigenvalue weighted by atomic mass is 35.5. The largest absolute Gasteiger partial charge is 0.416 e. The lowest BCUT2D eigenvalue weighted by atomic mass is 9.98. The van der Waals surface area contributed by atoms with E-state index in [1.165, 1.54) is 12.1 Å². The van der Waals surface area contributed by atoms with E-state index in [1.54, 1.807) is 18.2 Å². The molecule has 0 aliphatic carbocycles. The monoisotopic (exact) mass is 319 g/mol. The third kappa shape index (κ3) is 3.26. The van der Waals surface area contributed by atoms with Crippen molar-refractivity contribution in [1.82, 2.24) is 0 Å². The molecule has 0 spiro atoms. The lowest BCUT2D eigenvalue weighted by molar-refractivity contribution is -0.137. The second-order valence-corrected chi connectivity index (χ2v) is 5.11. The topological polar surface area (TPSA) is 26.0 Å². The molecule has 20 heavy (non-hydrogen) atoms. The van der Waals surface area contributed by atoms with Crippen LogP contribution in [0.5, 0.6) is 0 Å². The van der Waals surface area contributed by atoms with Crippen LogP contribution in [-0.4, -0.2) is 0 Å². The lowest BCUT2D eigenvalue weighted by Gasteiger charge is -2.16. The summed E-state index contributed by atoms with van der Waals surface area (Å²) in [6, 6.07) is 8.78. The standard InChI is InChI=1S/C14H10Cl2F3N/c15-10-4-5-12(16)11(7-10)13(20)8-2-1-3-9(6-8)14(17,18)19/h1-7,13H,20H2. The van der Waals surface area contributed by atoms with Gasteiger partial charge < -0.3 is 5.73 Å². The van der Waals surface area contributed by atoms with Crippen molar-refractivity contribution in [3.05, 3.63) is 69.2 Å². The van der Waals surface area contributed by atoms with Crippen LogP contribution in [-0.2, 0) is 6.18 Å². The minimum Gasteiger partial charge on any atom is -0.320 e. The highest BCUT2D eigenvalue weighted by Crippen LogP contribution is 2.33. The third-order valence-electron chi connectivity index (χ3n) is 2.87. The Morgan fingerprint density at radius 3 is 2.35 bits per heavy atom. The molecule has 2 aromatic rings. The Bertz CT molecular complexity index is 626. The summed E-state index contributed by atoms with van der Waals surface area (Å²) < 4.78 is 38.1. The molecule has 0 saturated carbocycles. The molecule has 0 heterocycles. The molecule has 0 amide bonds. The SMILES string of the molecule is NC(c1cccc(C(F)(F)F)c1)c1cc(Cl)ccc1Cl. The van der Waals surface area contributed by atoms with Crippen molar-refractivity contribution in [1.29, 1.82) is 0 Å². The second kappa shape index (κ2) is 5.64. The average Bonchev–Trinajstić information content (AvgIpc) is 2.40. The molecule has 0 bridgehead atoms. The van der Waals surface area contributed by atoms with Crippen molar-refractivity contribution in [3.63, 3.8) is 0 Å². The zero-order chi connectivity index (χ0) is 14.9. The maximum absolute atomic E-state index is 12.7. The van der Waals surface area contributed by atoms with E-state index in [1.807, 2.05) is 0 Å². The molecule has 1 unspecified atom stereocenters. The van der Waals surface area contributed by atoms with Crippen LogP contribution in [0.3, 0.4) is 0 Å². The van der Waals surface area contributed by atoms with Gasteiger partial charge in [0.15, 0.2) is 0 Å². The summed E-state index contributed by atoms with van der Waals surface area (Å²) >= 11 is 11.9. The van der Waals surface area contributed by atoms with E-state index < -0.39 is 17.8 Å². The summed E-state index contributed by atoms with van der Waals surface area (Å²) in [5.74, 6) is 0. The fourth-order valence-corrected chi connectivity index (χ4v) is 2.26. The van der Waals surface area contributed by atoms with Crippen molar-refractivity contribution in [2.75, 3.05) is 0 Å². The first kappa shape index (κ1) is 15.2. The van der Waals surface area contributed by atoms with Gasteiger partial charge in [-0.25, -0.2) is 0 Å². The molecule has 0 aliphatic rings. The number of halogens is 5. The van der Waals surface area contributed by atoms with E-state index >= 15 is 0 Å². The molecule has 0 radical (unpaired) electrons. The Balaban J connectivity index is 2.43. The van der Waals surface area contributed by atoms with Gasteiger partial charge in [-0.2, -0.15) is 13.2 Å². The minimum absolute atomic E-state index is 0.323. The highest BCUT2D eigenvalue weighted by molar-refractivity contribution is 6.33. The Morgan fingerprint density at radius 1 is 1.00 bits per heavy atom. The first-order chi connectivity index (χ1) is 9.29. The number of nitrogens with two attached hydrogens (primary N) is 1. The molecule has 0 fully saturated rings. The summed E-state index contributed by atoms with van der Waals surface area (Å²) in [4.78, 5) is 0. The molecule has 0 aromatic heterocycles. The molecule has 1 nitrogen and oxygen atoms in total. The molecule has 0 saturated heterocycles. The fourth-order valence-electron chi connectivity index (χ4n) is 1.84. The van der Waals surface area contributed by atoms with E-state index in [4.69, 9.17) is 28.9 Å². The van der Waals surface area contributed by atoms with Crippen LogP contribution in [0.2, 0.25) is 10.0 Å². The van der Waals surface area contributed by atoms with Crippen LogP contribution in [0.25, 0.3) is 0 Å². The maximum Gasteiger partial charge on any atom is 0.416 e. The number of alkyl halides is 3. The van der Waals surface area contributed by atoms with Gasteiger partial charge in [-0.1, -0.05) is 35.3 Å². The van der Waals surface area contributed by atoms with E-state index in [0.717, 1.165) is 12.1 Å². The van der Waals surface area contributed by atoms with E-state index in [-0.39, 0.29) is 0 Å². The van der Waals surface area contributed by atoms with E-state index in [9.17, 15) is 13.2 Å². The smallest absolute Gasteiger partial charge is 0.320 e. The Labute approximate surface area is 124 Å². The molecule has 0 aliphatic heterocycles. The first-order valence-corrected chi connectivity index (χ1v) is 6.42. The molecule has 2 aromatic carbocycles. The van der Waals surface area contributed by atoms with Crippen molar-refractivity contribution < 1.29 is 13.2 Å². The van der Waals surface area contributed by atoms with Gasteiger partial charge in [0.05, 0.1) is 11.6 Å². The predicted octanol–water partition coefficient (Wildman–Crippen LogP) is 5.06. The van der Waals surface area contributed by atoms with Crippen LogP contribution < -0.4 is 5.73 Å². The molecular weight excluding hydrogens is 310 g/mol. The van der Waals surface area contributed by atoms with Crippen molar-refractivity contribution >= 4 is 23.2 Å². The normalized spacial score (nSPS) is 13.3. The van der Waals surface area contributed by atoms with Gasteiger partial charge in [0.25, 0.3) is 0 Å². The number of hydrogen-bond donors (Lipinski definition) is 1. The molecule has 1 atom stereocenters. The molecular formula is C14H10Cl2F3N. The van der Waals surface area contributed by atoms with Crippen molar-refractivity contribution in [2.24, 2.45) is 5.73 Å². The quantitative estimate of drug-likeness (QED) is 0.822. The van der Waals surface area contributed by atoms with Gasteiger partial charge in [0.1, 0.15) is 0 Å². The molecule has 6 heteroatoms. The maximum atomic E-state index is 12.7. The van der Waals surface area contributed by atoms with Crippen LogP contribution in [0.15, 0.2) is 42.5 Å². The van der Waals surface area contributed by atoms with Crippen molar-refractivity contribution in [2.45, 2.75) is 12.2 Å². The predicted molar refractivity (Wildman–Crippen MR) is 73.9 cm³/mol.